The van der Waals surface area contributed by atoms with Gasteiger partial charge in [-0.3, -0.25) is 9.52 Å². The van der Waals surface area contributed by atoms with Crippen LogP contribution in [0.4, 0.5) is 0 Å². The largest absolute Gasteiger partial charge is 0.274 e. The van der Waals surface area contributed by atoms with Crippen molar-refractivity contribution in [1.82, 2.24) is 4.72 Å². The smallest absolute Gasteiger partial charge is 0.240 e. The molecule has 0 saturated heterocycles. The number of sulfonamides is 1. The van der Waals surface area contributed by atoms with Crippen LogP contribution in [0.1, 0.15) is 6.92 Å². The van der Waals surface area contributed by atoms with E-state index in [-0.39, 0.29) is 0 Å². The summed E-state index contributed by atoms with van der Waals surface area (Å²) in [4.78, 5) is 12.4. The third kappa shape index (κ3) is 5.19. The molecule has 0 spiro atoms. The number of hydrogen-bond acceptors (Lipinski definition) is 4. The fourth-order valence-corrected chi connectivity index (χ4v) is 1.06. The molecule has 62 valence electrons. The Bertz CT molecular complexity index is 278. The number of carbonyl (C=O) groups excluding carboxylic acids is 1. The molecule has 0 aromatic carbocycles. The van der Waals surface area contributed by atoms with Crippen LogP contribution in [0.3, 0.4) is 0 Å². The average molecular weight is 178 g/mol. The molecule has 0 saturated carbocycles. The highest BCUT2D eigenvalue weighted by Gasteiger charge is 2.08. The third-order valence-electron chi connectivity index (χ3n) is 0.590. The third-order valence-corrected chi connectivity index (χ3v) is 1.64. The topological polar surface area (TPSA) is 112 Å². The molecule has 8 heteroatoms. The van der Waals surface area contributed by atoms with E-state index in [1.54, 1.807) is 4.72 Å². The van der Waals surface area contributed by atoms with Crippen LogP contribution in [-0.4, -0.2) is 20.2 Å². The lowest BCUT2D eigenvalue weighted by Gasteiger charge is -1.97. The summed E-state index contributed by atoms with van der Waals surface area (Å²) in [7, 11) is -3.76. The van der Waals surface area contributed by atoms with Crippen LogP contribution in [0.2, 0.25) is 0 Å². The second-order valence-electron chi connectivity index (χ2n) is 1.63. The van der Waals surface area contributed by atoms with Crippen LogP contribution in [0.5, 0.6) is 0 Å². The van der Waals surface area contributed by atoms with Crippen molar-refractivity contribution in [3.05, 3.63) is 10.4 Å². The number of nitrogens with one attached hydrogen (secondary N) is 1. The lowest BCUT2D eigenvalue weighted by atomic mass is 10.8. The normalized spacial score (nSPS) is 9.91. The first-order valence-corrected chi connectivity index (χ1v) is 4.15. The highest BCUT2D eigenvalue weighted by Crippen LogP contribution is 1.84. The molecule has 0 heterocycles. The van der Waals surface area contributed by atoms with Gasteiger partial charge in [0.15, 0.2) is 0 Å². The van der Waals surface area contributed by atoms with Crippen LogP contribution >= 0.6 is 0 Å². The van der Waals surface area contributed by atoms with Gasteiger partial charge in [-0.15, -0.1) is 0 Å². The molecule has 7 nitrogen and oxygen atoms in total. The van der Waals surface area contributed by atoms with E-state index in [1.807, 2.05) is 0 Å². The molecule has 0 atom stereocenters. The lowest BCUT2D eigenvalue weighted by Crippen LogP contribution is -2.29. The van der Waals surface area contributed by atoms with Crippen molar-refractivity contribution >= 4 is 15.9 Å². The molecular formula is C3H6N4O3S. The number of azide groups is 1. The molecule has 0 aromatic rings. The summed E-state index contributed by atoms with van der Waals surface area (Å²) < 4.78 is 22.8. The van der Waals surface area contributed by atoms with Crippen molar-refractivity contribution in [2.24, 2.45) is 5.11 Å². The average Bonchev–Trinajstić information content (AvgIpc) is 1.81. The first-order chi connectivity index (χ1) is 4.98. The lowest BCUT2D eigenvalue weighted by molar-refractivity contribution is -0.117. The first kappa shape index (κ1) is 9.73. The van der Waals surface area contributed by atoms with Crippen LogP contribution in [0, 0.1) is 0 Å². The Morgan fingerprint density at radius 1 is 1.73 bits per heavy atom. The van der Waals surface area contributed by atoms with E-state index in [9.17, 15) is 13.2 Å². The number of nitrogens with zero attached hydrogens (tertiary/aromatic N) is 3. The maximum absolute atomic E-state index is 10.6. The number of carbonyl (C=O) groups is 1. The molecule has 0 radical (unpaired) electrons. The van der Waals surface area contributed by atoms with Gasteiger partial charge >= 0.3 is 0 Å². The molecule has 0 rings (SSSR count). The fraction of sp³-hybridized carbons (Fsp3) is 0.667. The van der Waals surface area contributed by atoms with Gasteiger partial charge in [0.05, 0.1) is 0 Å². The Balaban J connectivity index is 4.24. The van der Waals surface area contributed by atoms with Crippen molar-refractivity contribution in [2.75, 3.05) is 5.88 Å². The molecule has 0 aliphatic rings. The molecular weight excluding hydrogens is 172 g/mol. The Labute approximate surface area is 63.1 Å². The summed E-state index contributed by atoms with van der Waals surface area (Å²) in [6.45, 7) is 1.05. The van der Waals surface area contributed by atoms with Gasteiger partial charge in [-0.25, -0.2) is 8.42 Å². The SMILES string of the molecule is CC(=O)NS(=O)(=O)CN=[N+]=[N-]. The summed E-state index contributed by atoms with van der Waals surface area (Å²) in [5, 5.41) is 2.77. The summed E-state index contributed by atoms with van der Waals surface area (Å²) >= 11 is 0. The Kier molecular flexibility index (Phi) is 3.35. The minimum absolute atomic E-state index is 0.710. The van der Waals surface area contributed by atoms with Crippen molar-refractivity contribution in [2.45, 2.75) is 6.92 Å². The maximum atomic E-state index is 10.6. The second kappa shape index (κ2) is 3.79. The number of hydrogen-bond donors (Lipinski definition) is 1. The zero-order valence-electron chi connectivity index (χ0n) is 5.68. The van der Waals surface area contributed by atoms with E-state index in [1.165, 1.54) is 0 Å². The van der Waals surface area contributed by atoms with E-state index in [0.29, 0.717) is 0 Å². The molecule has 0 bridgehead atoms. The van der Waals surface area contributed by atoms with Gasteiger partial charge in [-0.1, -0.05) is 5.11 Å². The molecule has 1 amide bonds. The first-order valence-electron chi connectivity index (χ1n) is 2.50. The molecule has 1 N–H and O–H groups in total. The zero-order chi connectivity index (χ0) is 8.91. The Morgan fingerprint density at radius 2 is 2.27 bits per heavy atom. The predicted molar refractivity (Wildman–Crippen MR) is 36.7 cm³/mol. The van der Waals surface area contributed by atoms with Gasteiger partial charge in [0.1, 0.15) is 5.88 Å². The summed E-state index contributed by atoms with van der Waals surface area (Å²) in [6, 6.07) is 0. The van der Waals surface area contributed by atoms with Gasteiger partial charge < -0.3 is 0 Å². The van der Waals surface area contributed by atoms with Crippen LogP contribution in [0.25, 0.3) is 10.4 Å². The van der Waals surface area contributed by atoms with E-state index in [4.69, 9.17) is 5.53 Å². The number of amides is 1. The van der Waals surface area contributed by atoms with Crippen LogP contribution in [-0.2, 0) is 14.8 Å². The predicted octanol–water partition coefficient (Wildman–Crippen LogP) is -0.280. The fourth-order valence-electron chi connectivity index (χ4n) is 0.353. The van der Waals surface area contributed by atoms with E-state index < -0.39 is 21.8 Å². The zero-order valence-corrected chi connectivity index (χ0v) is 6.50. The minimum Gasteiger partial charge on any atom is -0.274 e. The van der Waals surface area contributed by atoms with Gasteiger partial charge in [0.25, 0.3) is 0 Å². The number of rotatable bonds is 3. The highest BCUT2D eigenvalue weighted by atomic mass is 32.2. The monoisotopic (exact) mass is 178 g/mol. The summed E-state index contributed by atoms with van der Waals surface area (Å²) in [6.07, 6.45) is 0. The van der Waals surface area contributed by atoms with E-state index in [0.717, 1.165) is 6.92 Å². The van der Waals surface area contributed by atoms with Crippen molar-refractivity contribution in [1.29, 1.82) is 0 Å². The Hall–Kier alpha value is -1.27. The molecule has 0 fully saturated rings. The maximum Gasteiger partial charge on any atom is 0.240 e. The van der Waals surface area contributed by atoms with Gasteiger partial charge in [0.2, 0.25) is 15.9 Å². The van der Waals surface area contributed by atoms with Crippen molar-refractivity contribution < 1.29 is 13.2 Å². The highest BCUT2D eigenvalue weighted by molar-refractivity contribution is 7.90. The summed E-state index contributed by atoms with van der Waals surface area (Å²) in [5.74, 6) is -1.47. The molecule has 0 aromatic heterocycles. The van der Waals surface area contributed by atoms with Gasteiger partial charge in [0, 0.05) is 11.8 Å². The van der Waals surface area contributed by atoms with Gasteiger partial charge in [-0.2, -0.15) is 0 Å². The molecule has 0 aliphatic heterocycles. The molecule has 0 unspecified atom stereocenters. The Morgan fingerprint density at radius 3 is 2.64 bits per heavy atom. The minimum atomic E-state index is -3.76. The van der Waals surface area contributed by atoms with Crippen molar-refractivity contribution in [3.63, 3.8) is 0 Å². The standard InChI is InChI=1S/C3H6N4O3S/c1-3(8)6-11(9,10)2-5-7-4/h2H2,1H3,(H,6,8). The molecule has 11 heavy (non-hydrogen) atoms. The second-order valence-corrected chi connectivity index (χ2v) is 3.32. The van der Waals surface area contributed by atoms with Crippen molar-refractivity contribution in [3.8, 4) is 0 Å². The van der Waals surface area contributed by atoms with Gasteiger partial charge in [-0.05, 0) is 5.53 Å². The molecule has 0 aliphatic carbocycles. The van der Waals surface area contributed by atoms with E-state index >= 15 is 0 Å². The van der Waals surface area contributed by atoms with E-state index in [2.05, 4.69) is 10.0 Å². The quantitative estimate of drug-likeness (QED) is 0.364. The summed E-state index contributed by atoms with van der Waals surface area (Å²) in [5.41, 5.74) is 7.74. The van der Waals surface area contributed by atoms with Crippen LogP contribution < -0.4 is 4.72 Å². The van der Waals surface area contributed by atoms with Crippen LogP contribution in [0.15, 0.2) is 5.11 Å².